The smallest absolute Gasteiger partial charge is 0.307 e. The molecule has 1 aliphatic carbocycles. The summed E-state index contributed by atoms with van der Waals surface area (Å²) in [7, 11) is 1.70. The minimum atomic E-state index is -0.859. The van der Waals surface area contributed by atoms with Gasteiger partial charge in [0.25, 0.3) is 0 Å². The van der Waals surface area contributed by atoms with Crippen molar-refractivity contribution in [1.82, 2.24) is 9.88 Å². The Kier molecular flexibility index (Phi) is 4.14. The van der Waals surface area contributed by atoms with Gasteiger partial charge in [-0.05, 0) is 25.0 Å². The third-order valence-electron chi connectivity index (χ3n) is 3.65. The maximum atomic E-state index is 12.3. The van der Waals surface area contributed by atoms with E-state index >= 15 is 0 Å². The number of carbonyl (C=O) groups is 2. The lowest BCUT2D eigenvalue weighted by atomic mass is 9.95. The Hall–Kier alpha value is -1.91. The van der Waals surface area contributed by atoms with Crippen molar-refractivity contribution in [3.63, 3.8) is 0 Å². The topological polar surface area (TPSA) is 70.5 Å². The van der Waals surface area contributed by atoms with E-state index < -0.39 is 11.9 Å². The van der Waals surface area contributed by atoms with Gasteiger partial charge in [-0.3, -0.25) is 14.6 Å². The first-order chi connectivity index (χ1) is 9.09. The molecule has 1 heterocycles. The van der Waals surface area contributed by atoms with E-state index in [4.69, 9.17) is 5.11 Å². The van der Waals surface area contributed by atoms with Crippen LogP contribution in [-0.4, -0.2) is 33.9 Å². The van der Waals surface area contributed by atoms with E-state index in [1.165, 1.54) is 0 Å². The fraction of sp³-hybridized carbons (Fsp3) is 0.500. The zero-order valence-corrected chi connectivity index (χ0v) is 11.0. The molecule has 19 heavy (non-hydrogen) atoms. The van der Waals surface area contributed by atoms with Crippen molar-refractivity contribution in [2.75, 3.05) is 7.05 Å². The van der Waals surface area contributed by atoms with E-state index in [9.17, 15) is 9.59 Å². The molecule has 1 N–H and O–H groups in total. The molecule has 0 aromatic carbocycles. The number of aliphatic carboxylic acids is 1. The van der Waals surface area contributed by atoms with Gasteiger partial charge >= 0.3 is 5.97 Å². The minimum Gasteiger partial charge on any atom is -0.481 e. The van der Waals surface area contributed by atoms with Crippen molar-refractivity contribution in [2.24, 2.45) is 11.8 Å². The number of carbonyl (C=O) groups excluding carboxylic acids is 1. The molecule has 0 unspecified atom stereocenters. The van der Waals surface area contributed by atoms with Gasteiger partial charge in [-0.2, -0.15) is 0 Å². The number of rotatable bonds is 4. The van der Waals surface area contributed by atoms with Gasteiger partial charge in [0.15, 0.2) is 0 Å². The summed E-state index contributed by atoms with van der Waals surface area (Å²) in [5.41, 5.74) is 0.809. The lowest BCUT2D eigenvalue weighted by Gasteiger charge is -2.23. The first-order valence-electron chi connectivity index (χ1n) is 6.47. The van der Waals surface area contributed by atoms with Crippen molar-refractivity contribution >= 4 is 11.9 Å². The van der Waals surface area contributed by atoms with Crippen molar-refractivity contribution in [1.29, 1.82) is 0 Å². The predicted molar refractivity (Wildman–Crippen MR) is 69.2 cm³/mol. The van der Waals surface area contributed by atoms with Crippen LogP contribution in [0.4, 0.5) is 0 Å². The molecule has 0 aliphatic heterocycles. The number of pyridine rings is 1. The van der Waals surface area contributed by atoms with Gasteiger partial charge in [0, 0.05) is 13.2 Å². The molecule has 2 rings (SSSR count). The van der Waals surface area contributed by atoms with Gasteiger partial charge in [-0.1, -0.05) is 12.5 Å². The van der Waals surface area contributed by atoms with E-state index in [0.29, 0.717) is 19.4 Å². The molecular formula is C14H18N2O3. The van der Waals surface area contributed by atoms with Crippen molar-refractivity contribution in [3.8, 4) is 0 Å². The molecule has 2 atom stereocenters. The number of hydrogen-bond donors (Lipinski definition) is 1. The van der Waals surface area contributed by atoms with Crippen LogP contribution in [0.25, 0.3) is 0 Å². The monoisotopic (exact) mass is 262 g/mol. The molecule has 0 radical (unpaired) electrons. The Bertz CT molecular complexity index is 461. The van der Waals surface area contributed by atoms with E-state index in [1.54, 1.807) is 18.1 Å². The first kappa shape index (κ1) is 13.5. The Morgan fingerprint density at radius 1 is 1.37 bits per heavy atom. The second kappa shape index (κ2) is 5.82. The molecular weight excluding hydrogens is 244 g/mol. The normalized spacial score (nSPS) is 22.2. The van der Waals surface area contributed by atoms with Crippen molar-refractivity contribution in [3.05, 3.63) is 30.1 Å². The second-order valence-electron chi connectivity index (χ2n) is 5.00. The standard InChI is InChI=1S/C14H18N2O3/c1-16(9-10-5-2-3-8-15-10)13(17)11-6-4-7-12(11)14(18)19/h2-3,5,8,11-12H,4,6-7,9H2,1H3,(H,18,19)/t11-,12+/m1/s1. The quantitative estimate of drug-likeness (QED) is 0.893. The highest BCUT2D eigenvalue weighted by Crippen LogP contribution is 2.33. The Balaban J connectivity index is 2.01. The fourth-order valence-corrected chi connectivity index (χ4v) is 2.65. The van der Waals surface area contributed by atoms with Crippen LogP contribution in [0.3, 0.4) is 0 Å². The maximum Gasteiger partial charge on any atom is 0.307 e. The molecule has 0 bridgehead atoms. The lowest BCUT2D eigenvalue weighted by molar-refractivity contribution is -0.148. The number of carboxylic acid groups (broad SMARTS) is 1. The minimum absolute atomic E-state index is 0.0875. The Labute approximate surface area is 112 Å². The van der Waals surface area contributed by atoms with Gasteiger partial charge in [0.05, 0.1) is 24.1 Å². The molecule has 1 aliphatic rings. The van der Waals surface area contributed by atoms with Crippen molar-refractivity contribution in [2.45, 2.75) is 25.8 Å². The summed E-state index contributed by atoms with van der Waals surface area (Å²) < 4.78 is 0. The van der Waals surface area contributed by atoms with Crippen LogP contribution in [0.5, 0.6) is 0 Å². The van der Waals surface area contributed by atoms with Crippen LogP contribution in [0.15, 0.2) is 24.4 Å². The molecule has 1 aromatic rings. The Morgan fingerprint density at radius 3 is 2.74 bits per heavy atom. The molecule has 1 amide bonds. The summed E-state index contributed by atoms with van der Waals surface area (Å²) in [6, 6.07) is 5.55. The molecule has 5 heteroatoms. The van der Waals surface area contributed by atoms with Crippen LogP contribution in [0.2, 0.25) is 0 Å². The van der Waals surface area contributed by atoms with E-state index in [1.807, 2.05) is 18.2 Å². The van der Waals surface area contributed by atoms with Gasteiger partial charge in [-0.25, -0.2) is 0 Å². The highest BCUT2D eigenvalue weighted by atomic mass is 16.4. The number of nitrogens with zero attached hydrogens (tertiary/aromatic N) is 2. The second-order valence-corrected chi connectivity index (χ2v) is 5.00. The lowest BCUT2D eigenvalue weighted by Crippen LogP contribution is -2.36. The molecule has 0 saturated heterocycles. The van der Waals surface area contributed by atoms with E-state index in [-0.39, 0.29) is 11.8 Å². The third-order valence-corrected chi connectivity index (χ3v) is 3.65. The third kappa shape index (κ3) is 3.10. The van der Waals surface area contributed by atoms with Gasteiger partial charge < -0.3 is 10.0 Å². The number of amides is 1. The number of aromatic nitrogens is 1. The van der Waals surface area contributed by atoms with Gasteiger partial charge in [0.1, 0.15) is 0 Å². The fourth-order valence-electron chi connectivity index (χ4n) is 2.65. The van der Waals surface area contributed by atoms with Gasteiger partial charge in [-0.15, -0.1) is 0 Å². The van der Waals surface area contributed by atoms with Crippen LogP contribution < -0.4 is 0 Å². The molecule has 1 fully saturated rings. The zero-order valence-electron chi connectivity index (χ0n) is 11.0. The van der Waals surface area contributed by atoms with Crippen LogP contribution >= 0.6 is 0 Å². The van der Waals surface area contributed by atoms with Crippen LogP contribution in [0.1, 0.15) is 25.0 Å². The van der Waals surface area contributed by atoms with Crippen LogP contribution in [0, 0.1) is 11.8 Å². The Morgan fingerprint density at radius 2 is 2.11 bits per heavy atom. The molecule has 0 spiro atoms. The average Bonchev–Trinajstić information content (AvgIpc) is 2.88. The van der Waals surface area contributed by atoms with E-state index in [0.717, 1.165) is 12.1 Å². The summed E-state index contributed by atoms with van der Waals surface area (Å²) >= 11 is 0. The highest BCUT2D eigenvalue weighted by Gasteiger charge is 2.38. The number of hydrogen-bond acceptors (Lipinski definition) is 3. The predicted octanol–water partition coefficient (Wildman–Crippen LogP) is 1.54. The summed E-state index contributed by atoms with van der Waals surface area (Å²) in [5.74, 6) is -1.86. The average molecular weight is 262 g/mol. The molecule has 102 valence electrons. The van der Waals surface area contributed by atoms with Crippen molar-refractivity contribution < 1.29 is 14.7 Å². The highest BCUT2D eigenvalue weighted by molar-refractivity contribution is 5.85. The van der Waals surface area contributed by atoms with E-state index in [2.05, 4.69) is 4.98 Å². The summed E-state index contributed by atoms with van der Waals surface area (Å²) in [5, 5.41) is 9.12. The largest absolute Gasteiger partial charge is 0.481 e. The number of carboxylic acids is 1. The molecule has 1 saturated carbocycles. The first-order valence-corrected chi connectivity index (χ1v) is 6.47. The SMILES string of the molecule is CN(Cc1ccccn1)C(=O)[C@@H]1CCC[C@@H]1C(=O)O. The zero-order chi connectivity index (χ0) is 13.8. The van der Waals surface area contributed by atoms with Crippen LogP contribution in [-0.2, 0) is 16.1 Å². The molecule has 1 aromatic heterocycles. The summed E-state index contributed by atoms with van der Waals surface area (Å²) in [6.07, 6.45) is 3.76. The summed E-state index contributed by atoms with van der Waals surface area (Å²) in [6.45, 7) is 0.419. The van der Waals surface area contributed by atoms with Gasteiger partial charge in [0.2, 0.25) is 5.91 Å². The maximum absolute atomic E-state index is 12.3. The summed E-state index contributed by atoms with van der Waals surface area (Å²) in [4.78, 5) is 29.2. The molecule has 5 nitrogen and oxygen atoms in total.